The molecule has 42 heavy (non-hydrogen) atoms. The molecule has 1 saturated heterocycles. The highest BCUT2D eigenvalue weighted by atomic mass is 32.1. The second kappa shape index (κ2) is 12.0. The molecule has 0 spiro atoms. The summed E-state index contributed by atoms with van der Waals surface area (Å²) in [5.41, 5.74) is 2.22. The summed E-state index contributed by atoms with van der Waals surface area (Å²) in [4.78, 5) is 45.7. The van der Waals surface area contributed by atoms with Crippen LogP contribution >= 0.6 is 11.3 Å². The number of unbranched alkanes of at least 4 members (excludes halogenated alkanes) is 1. The van der Waals surface area contributed by atoms with Crippen molar-refractivity contribution in [2.45, 2.75) is 66.0 Å². The highest BCUT2D eigenvalue weighted by molar-refractivity contribution is 7.18. The normalized spacial score (nSPS) is 19.1. The first-order valence-electron chi connectivity index (χ1n) is 14.1. The SMILES string of the molecule is CCCCOc1ccc([C@@H]2/C(=C(\O)c3ccc4c(c3)C[C@H](C)O4)C(=O)C(=O)N2c2nc(C)c(C(C)=O)s2)cc1OCC. The van der Waals surface area contributed by atoms with E-state index in [1.165, 1.54) is 11.8 Å². The molecule has 1 N–H and O–H groups in total. The van der Waals surface area contributed by atoms with Crippen LogP contribution in [0.2, 0.25) is 0 Å². The van der Waals surface area contributed by atoms with E-state index in [1.54, 1.807) is 43.3 Å². The number of ether oxygens (including phenoxy) is 3. The van der Waals surface area contributed by atoms with Crippen molar-refractivity contribution >= 4 is 39.7 Å². The van der Waals surface area contributed by atoms with Gasteiger partial charge in [0, 0.05) is 18.9 Å². The number of aryl methyl sites for hydroxylation is 1. The number of rotatable bonds is 10. The molecule has 0 unspecified atom stereocenters. The summed E-state index contributed by atoms with van der Waals surface area (Å²) in [5, 5.41) is 11.8. The molecule has 2 atom stereocenters. The lowest BCUT2D eigenvalue weighted by Gasteiger charge is -2.24. The number of aromatic nitrogens is 1. The van der Waals surface area contributed by atoms with Crippen molar-refractivity contribution in [1.82, 2.24) is 4.98 Å². The third kappa shape index (κ3) is 5.38. The van der Waals surface area contributed by atoms with Gasteiger partial charge in [-0.25, -0.2) is 4.98 Å². The van der Waals surface area contributed by atoms with Crippen LogP contribution in [0.5, 0.6) is 17.2 Å². The number of hydrogen-bond donors (Lipinski definition) is 1. The van der Waals surface area contributed by atoms with Crippen LogP contribution in [0.3, 0.4) is 0 Å². The summed E-state index contributed by atoms with van der Waals surface area (Å²) in [7, 11) is 0. The number of ketones is 2. The molecular weight excluding hydrogens is 556 g/mol. The zero-order valence-corrected chi connectivity index (χ0v) is 25.2. The van der Waals surface area contributed by atoms with E-state index in [9.17, 15) is 19.5 Å². The highest BCUT2D eigenvalue weighted by Crippen LogP contribution is 2.46. The number of anilines is 1. The Morgan fingerprint density at radius 3 is 2.62 bits per heavy atom. The van der Waals surface area contributed by atoms with E-state index in [0.717, 1.165) is 35.5 Å². The largest absolute Gasteiger partial charge is 0.507 e. The van der Waals surface area contributed by atoms with Crippen molar-refractivity contribution in [2.24, 2.45) is 0 Å². The van der Waals surface area contributed by atoms with Gasteiger partial charge in [-0.15, -0.1) is 0 Å². The monoisotopic (exact) mass is 590 g/mol. The minimum atomic E-state index is -1.03. The number of fused-ring (bicyclic) bond motifs is 1. The minimum absolute atomic E-state index is 0.00152. The van der Waals surface area contributed by atoms with E-state index in [1.807, 2.05) is 13.8 Å². The number of hydrogen-bond acceptors (Lipinski definition) is 9. The molecule has 1 aromatic heterocycles. The first-order chi connectivity index (χ1) is 20.1. The van der Waals surface area contributed by atoms with E-state index in [-0.39, 0.29) is 28.4 Å². The van der Waals surface area contributed by atoms with E-state index in [4.69, 9.17) is 14.2 Å². The molecule has 3 aromatic rings. The summed E-state index contributed by atoms with van der Waals surface area (Å²) in [5.74, 6) is -0.449. The van der Waals surface area contributed by atoms with Gasteiger partial charge in [-0.3, -0.25) is 19.3 Å². The van der Waals surface area contributed by atoms with Crippen molar-refractivity contribution in [3.05, 3.63) is 69.2 Å². The molecule has 0 aliphatic carbocycles. The Bertz CT molecular complexity index is 1590. The number of benzene rings is 2. The van der Waals surface area contributed by atoms with Gasteiger partial charge in [0.25, 0.3) is 5.78 Å². The number of aliphatic hydroxyl groups is 1. The van der Waals surface area contributed by atoms with E-state index in [2.05, 4.69) is 11.9 Å². The zero-order valence-electron chi connectivity index (χ0n) is 24.4. The Morgan fingerprint density at radius 2 is 1.93 bits per heavy atom. The summed E-state index contributed by atoms with van der Waals surface area (Å²) >= 11 is 1.04. The second-order valence-corrected chi connectivity index (χ2v) is 11.4. The number of carbonyl (C=O) groups is 3. The van der Waals surface area contributed by atoms with Gasteiger partial charge in [-0.05, 0) is 68.7 Å². The molecule has 0 radical (unpaired) electrons. The second-order valence-electron chi connectivity index (χ2n) is 10.4. The predicted molar refractivity (Wildman–Crippen MR) is 160 cm³/mol. The lowest BCUT2D eigenvalue weighted by molar-refractivity contribution is -0.132. The Balaban J connectivity index is 1.68. The molecular formula is C32H34N2O7S. The molecule has 2 aliphatic heterocycles. The van der Waals surface area contributed by atoms with Crippen LogP contribution in [0.25, 0.3) is 5.76 Å². The topological polar surface area (TPSA) is 115 Å². The molecule has 0 bridgehead atoms. The molecule has 220 valence electrons. The van der Waals surface area contributed by atoms with Gasteiger partial charge in [0.2, 0.25) is 0 Å². The van der Waals surface area contributed by atoms with E-state index >= 15 is 0 Å². The molecule has 9 nitrogen and oxygen atoms in total. The van der Waals surface area contributed by atoms with Crippen LogP contribution in [0.15, 0.2) is 42.0 Å². The highest BCUT2D eigenvalue weighted by Gasteiger charge is 2.48. The van der Waals surface area contributed by atoms with Crippen LogP contribution in [0.4, 0.5) is 5.13 Å². The summed E-state index contributed by atoms with van der Waals surface area (Å²) in [6, 6.07) is 9.43. The lowest BCUT2D eigenvalue weighted by Crippen LogP contribution is -2.29. The quantitative estimate of drug-likeness (QED) is 0.0979. The lowest BCUT2D eigenvalue weighted by atomic mass is 9.94. The first kappa shape index (κ1) is 29.3. The summed E-state index contributed by atoms with van der Waals surface area (Å²) in [6.45, 7) is 9.89. The van der Waals surface area contributed by atoms with Crippen LogP contribution in [-0.4, -0.2) is 46.9 Å². The average molecular weight is 591 g/mol. The van der Waals surface area contributed by atoms with E-state index < -0.39 is 17.7 Å². The fourth-order valence-electron chi connectivity index (χ4n) is 5.29. The molecule has 2 aromatic carbocycles. The van der Waals surface area contributed by atoms with Crippen LogP contribution in [0, 0.1) is 6.92 Å². The molecule has 10 heteroatoms. The number of nitrogens with zero attached hydrogens (tertiary/aromatic N) is 2. The van der Waals surface area contributed by atoms with Gasteiger partial charge in [-0.2, -0.15) is 0 Å². The Hall–Kier alpha value is -4.18. The number of aliphatic hydroxyl groups excluding tert-OH is 1. The van der Waals surface area contributed by atoms with Crippen molar-refractivity contribution in [1.29, 1.82) is 0 Å². The van der Waals surface area contributed by atoms with Crippen molar-refractivity contribution in [3.63, 3.8) is 0 Å². The minimum Gasteiger partial charge on any atom is -0.507 e. The summed E-state index contributed by atoms with van der Waals surface area (Å²) in [6.07, 6.45) is 2.51. The Labute approximate surface area is 248 Å². The molecule has 0 saturated carbocycles. The van der Waals surface area contributed by atoms with Gasteiger partial charge in [0.1, 0.15) is 17.6 Å². The summed E-state index contributed by atoms with van der Waals surface area (Å²) < 4.78 is 17.6. The number of carbonyl (C=O) groups excluding carboxylic acids is 3. The fraction of sp³-hybridized carbons (Fsp3) is 0.375. The fourth-order valence-corrected chi connectivity index (χ4v) is 6.28. The average Bonchev–Trinajstić information content (AvgIpc) is 3.61. The standard InChI is InChI=1S/C32H34N2O7S/c1-6-8-13-40-24-12-9-20(16-25(24)39-7-2)27-26(28(36)21-10-11-23-22(15-21)14-17(3)41-23)29(37)31(38)34(27)32-33-18(4)30(42-32)19(5)35/h9-12,15-17,27,36H,6-8,13-14H2,1-5H3/b28-26+/t17-,27+/m0/s1. The maximum Gasteiger partial charge on any atom is 0.301 e. The zero-order chi connectivity index (χ0) is 30.1. The van der Waals surface area contributed by atoms with Crippen LogP contribution in [-0.2, 0) is 16.0 Å². The third-order valence-corrected chi connectivity index (χ3v) is 8.52. The molecule has 3 heterocycles. The molecule has 2 aliphatic rings. The Morgan fingerprint density at radius 1 is 1.14 bits per heavy atom. The Kier molecular flexibility index (Phi) is 8.36. The number of Topliss-reactive ketones (excluding diaryl/α,β-unsaturated/α-hetero) is 2. The van der Waals surface area contributed by atoms with E-state index in [0.29, 0.717) is 52.8 Å². The van der Waals surface area contributed by atoms with Gasteiger partial charge in [-0.1, -0.05) is 30.7 Å². The maximum atomic E-state index is 13.7. The molecule has 5 rings (SSSR count). The van der Waals surface area contributed by atoms with Crippen molar-refractivity contribution < 1.29 is 33.7 Å². The van der Waals surface area contributed by atoms with Crippen molar-refractivity contribution in [2.75, 3.05) is 18.1 Å². The van der Waals surface area contributed by atoms with Gasteiger partial charge < -0.3 is 19.3 Å². The van der Waals surface area contributed by atoms with Gasteiger partial charge >= 0.3 is 5.91 Å². The first-order valence-corrected chi connectivity index (χ1v) is 14.9. The number of thiazole rings is 1. The van der Waals surface area contributed by atoms with Gasteiger partial charge in [0.05, 0.1) is 35.4 Å². The van der Waals surface area contributed by atoms with Gasteiger partial charge in [0.15, 0.2) is 22.4 Å². The van der Waals surface area contributed by atoms with Crippen molar-refractivity contribution in [3.8, 4) is 17.2 Å². The molecule has 1 amide bonds. The third-order valence-electron chi connectivity index (χ3n) is 7.26. The predicted octanol–water partition coefficient (Wildman–Crippen LogP) is 6.18. The smallest absolute Gasteiger partial charge is 0.301 e. The number of amides is 1. The molecule has 1 fully saturated rings. The van der Waals surface area contributed by atoms with Crippen LogP contribution < -0.4 is 19.1 Å². The maximum absolute atomic E-state index is 13.7. The van der Waals surface area contributed by atoms with Crippen LogP contribution in [0.1, 0.15) is 78.6 Å².